The third-order valence-electron chi connectivity index (χ3n) is 3.26. The van der Waals surface area contributed by atoms with Gasteiger partial charge in [0.1, 0.15) is 0 Å². The Kier molecular flexibility index (Phi) is 3.77. The van der Waals surface area contributed by atoms with Gasteiger partial charge in [-0.05, 0) is 19.8 Å². The Hall–Kier alpha value is -0.260. The van der Waals surface area contributed by atoms with Gasteiger partial charge in [0.2, 0.25) is 0 Å². The molecule has 16 heavy (non-hydrogen) atoms. The number of thioether (sulfide) groups is 1. The molecule has 2 fully saturated rings. The van der Waals surface area contributed by atoms with Crippen molar-refractivity contribution in [3.8, 4) is 0 Å². The maximum Gasteiger partial charge on any atom is 0.316 e. The van der Waals surface area contributed by atoms with Crippen LogP contribution in [0.2, 0.25) is 0 Å². The first-order valence-corrected chi connectivity index (χ1v) is 6.66. The molecule has 0 aromatic carbocycles. The van der Waals surface area contributed by atoms with E-state index >= 15 is 0 Å². The molecule has 0 amide bonds. The molecule has 0 saturated carbocycles. The van der Waals surface area contributed by atoms with Crippen LogP contribution in [0.15, 0.2) is 0 Å². The molecule has 2 saturated heterocycles. The van der Waals surface area contributed by atoms with Crippen LogP contribution in [0.5, 0.6) is 0 Å². The normalized spacial score (nSPS) is 36.4. The summed E-state index contributed by atoms with van der Waals surface area (Å²) in [5, 5.41) is 8.95. The van der Waals surface area contributed by atoms with E-state index in [1.165, 1.54) is 0 Å². The van der Waals surface area contributed by atoms with Crippen molar-refractivity contribution in [2.45, 2.75) is 42.3 Å². The number of carbonyl (C=O) groups is 1. The molecule has 2 heterocycles. The second-order valence-corrected chi connectivity index (χ2v) is 6.21. The van der Waals surface area contributed by atoms with E-state index in [9.17, 15) is 4.79 Å². The summed E-state index contributed by atoms with van der Waals surface area (Å²) in [7, 11) is 0. The topological polar surface area (TPSA) is 55.8 Å². The minimum absolute atomic E-state index is 0.117. The summed E-state index contributed by atoms with van der Waals surface area (Å²) in [6, 6.07) is 0. The van der Waals surface area contributed by atoms with Gasteiger partial charge < -0.3 is 14.6 Å². The molecular weight excluding hydrogens is 228 g/mol. The van der Waals surface area contributed by atoms with Crippen molar-refractivity contribution in [3.05, 3.63) is 0 Å². The summed E-state index contributed by atoms with van der Waals surface area (Å²) in [5.41, 5.74) is -0.117. The van der Waals surface area contributed by atoms with Crippen LogP contribution in [0.1, 0.15) is 26.2 Å². The summed E-state index contributed by atoms with van der Waals surface area (Å²) >= 11 is 1.55. The van der Waals surface area contributed by atoms with E-state index in [0.717, 1.165) is 32.5 Å². The largest absolute Gasteiger partial charge is 0.480 e. The highest BCUT2D eigenvalue weighted by Gasteiger charge is 2.41. The average Bonchev–Trinajstić information content (AvgIpc) is 2.66. The van der Waals surface area contributed by atoms with E-state index in [2.05, 4.69) is 0 Å². The number of aliphatic carboxylic acids is 1. The minimum Gasteiger partial charge on any atom is -0.480 e. The summed E-state index contributed by atoms with van der Waals surface area (Å²) in [6.07, 6.45) is 2.82. The van der Waals surface area contributed by atoms with Gasteiger partial charge in [-0.2, -0.15) is 0 Å². The average molecular weight is 246 g/mol. The van der Waals surface area contributed by atoms with Gasteiger partial charge in [0, 0.05) is 24.9 Å². The van der Waals surface area contributed by atoms with Gasteiger partial charge in [-0.25, -0.2) is 0 Å². The highest BCUT2D eigenvalue weighted by atomic mass is 32.2. The molecule has 1 N–H and O–H groups in total. The third kappa shape index (κ3) is 2.70. The number of ether oxygens (including phenoxy) is 2. The van der Waals surface area contributed by atoms with E-state index in [-0.39, 0.29) is 10.9 Å². The zero-order chi connectivity index (χ0) is 11.6. The van der Waals surface area contributed by atoms with Crippen LogP contribution in [-0.4, -0.2) is 47.0 Å². The van der Waals surface area contributed by atoms with Gasteiger partial charge in [0.15, 0.2) is 0 Å². The molecule has 4 nitrogen and oxygen atoms in total. The third-order valence-corrected chi connectivity index (χ3v) is 4.66. The van der Waals surface area contributed by atoms with Gasteiger partial charge >= 0.3 is 5.97 Å². The molecule has 0 aromatic heterocycles. The first-order chi connectivity index (χ1) is 7.61. The summed E-state index contributed by atoms with van der Waals surface area (Å²) < 4.78 is 11.2. The van der Waals surface area contributed by atoms with Gasteiger partial charge in [-0.3, -0.25) is 4.79 Å². The van der Waals surface area contributed by atoms with Crippen molar-refractivity contribution in [2.24, 2.45) is 0 Å². The van der Waals surface area contributed by atoms with Crippen LogP contribution < -0.4 is 0 Å². The lowest BCUT2D eigenvalue weighted by Gasteiger charge is -2.37. The fourth-order valence-corrected chi connectivity index (χ4v) is 3.64. The predicted molar refractivity (Wildman–Crippen MR) is 61.8 cm³/mol. The van der Waals surface area contributed by atoms with Gasteiger partial charge in [-0.15, -0.1) is 11.8 Å². The SMILES string of the molecule is CC(SC1CCOC2(CCOC2)C1)C(=O)O. The molecule has 0 radical (unpaired) electrons. The maximum absolute atomic E-state index is 10.8. The maximum atomic E-state index is 10.8. The van der Waals surface area contributed by atoms with Crippen molar-refractivity contribution in [1.29, 1.82) is 0 Å². The molecule has 3 atom stereocenters. The van der Waals surface area contributed by atoms with Crippen molar-refractivity contribution < 1.29 is 19.4 Å². The number of hydrogen-bond acceptors (Lipinski definition) is 4. The smallest absolute Gasteiger partial charge is 0.316 e. The predicted octanol–water partition coefficient (Wildman–Crippen LogP) is 1.53. The Balaban J connectivity index is 1.89. The molecule has 2 aliphatic rings. The van der Waals surface area contributed by atoms with Crippen LogP contribution in [0.4, 0.5) is 0 Å². The quantitative estimate of drug-likeness (QED) is 0.818. The van der Waals surface area contributed by atoms with E-state index in [0.29, 0.717) is 11.9 Å². The first kappa shape index (κ1) is 12.2. The van der Waals surface area contributed by atoms with Crippen molar-refractivity contribution in [3.63, 3.8) is 0 Å². The van der Waals surface area contributed by atoms with Crippen molar-refractivity contribution >= 4 is 17.7 Å². The zero-order valence-corrected chi connectivity index (χ0v) is 10.3. The number of hydrogen-bond donors (Lipinski definition) is 1. The molecular formula is C11H18O4S. The minimum atomic E-state index is -0.729. The summed E-state index contributed by atoms with van der Waals surface area (Å²) in [4.78, 5) is 10.8. The Morgan fingerprint density at radius 1 is 1.56 bits per heavy atom. The van der Waals surface area contributed by atoms with Gasteiger partial charge in [0.25, 0.3) is 0 Å². The highest BCUT2D eigenvalue weighted by Crippen LogP contribution is 2.38. The lowest BCUT2D eigenvalue weighted by molar-refractivity contribution is -0.136. The van der Waals surface area contributed by atoms with Gasteiger partial charge in [0.05, 0.1) is 17.5 Å². The Morgan fingerprint density at radius 3 is 3.00 bits per heavy atom. The Labute approximate surface area is 99.7 Å². The zero-order valence-electron chi connectivity index (χ0n) is 9.48. The van der Waals surface area contributed by atoms with E-state index < -0.39 is 5.97 Å². The molecule has 0 aromatic rings. The molecule has 2 rings (SSSR count). The lowest BCUT2D eigenvalue weighted by atomic mass is 9.93. The first-order valence-electron chi connectivity index (χ1n) is 5.71. The second-order valence-electron chi connectivity index (χ2n) is 4.57. The molecule has 1 spiro atoms. The molecule has 2 aliphatic heterocycles. The van der Waals surface area contributed by atoms with E-state index in [1.54, 1.807) is 18.7 Å². The number of carboxylic acids is 1. The lowest BCUT2D eigenvalue weighted by Crippen LogP contribution is -2.42. The van der Waals surface area contributed by atoms with Gasteiger partial charge in [-0.1, -0.05) is 0 Å². The van der Waals surface area contributed by atoms with Crippen molar-refractivity contribution in [2.75, 3.05) is 19.8 Å². The van der Waals surface area contributed by atoms with Crippen LogP contribution in [0, 0.1) is 0 Å². The molecule has 92 valence electrons. The van der Waals surface area contributed by atoms with Crippen molar-refractivity contribution in [1.82, 2.24) is 0 Å². The monoisotopic (exact) mass is 246 g/mol. The Bertz CT molecular complexity index is 263. The van der Waals surface area contributed by atoms with E-state index in [1.807, 2.05) is 0 Å². The molecule has 0 aliphatic carbocycles. The molecule has 0 bridgehead atoms. The molecule has 5 heteroatoms. The number of rotatable bonds is 3. The van der Waals surface area contributed by atoms with Crippen LogP contribution in [0.3, 0.4) is 0 Å². The fourth-order valence-electron chi connectivity index (χ4n) is 2.31. The molecule has 3 unspecified atom stereocenters. The summed E-state index contributed by atoms with van der Waals surface area (Å²) in [6.45, 7) is 3.92. The van der Waals surface area contributed by atoms with Crippen LogP contribution in [-0.2, 0) is 14.3 Å². The van der Waals surface area contributed by atoms with Crippen LogP contribution >= 0.6 is 11.8 Å². The Morgan fingerprint density at radius 2 is 2.38 bits per heavy atom. The number of carboxylic acid groups (broad SMARTS) is 1. The van der Waals surface area contributed by atoms with E-state index in [4.69, 9.17) is 14.6 Å². The summed E-state index contributed by atoms with van der Waals surface area (Å²) in [5.74, 6) is -0.729. The fraction of sp³-hybridized carbons (Fsp3) is 0.909. The standard InChI is InChI=1S/C11H18O4S/c1-8(10(12)13)16-9-2-4-15-11(6-9)3-5-14-7-11/h8-9H,2-7H2,1H3,(H,12,13). The highest BCUT2D eigenvalue weighted by molar-refractivity contribution is 8.01. The van der Waals surface area contributed by atoms with Crippen LogP contribution in [0.25, 0.3) is 0 Å². The second kappa shape index (κ2) is 4.94.